The summed E-state index contributed by atoms with van der Waals surface area (Å²) in [6.45, 7) is 6.70. The molecule has 1 aliphatic rings. The van der Waals surface area contributed by atoms with Gasteiger partial charge in [0.05, 0.1) is 0 Å². The van der Waals surface area contributed by atoms with Gasteiger partial charge < -0.3 is 5.84 Å². The van der Waals surface area contributed by atoms with Crippen molar-refractivity contribution in [3.05, 3.63) is 94.4 Å². The lowest BCUT2D eigenvalue weighted by molar-refractivity contribution is -0.347. The maximum atomic E-state index is 8.95. The van der Waals surface area contributed by atoms with E-state index in [2.05, 4.69) is 81.5 Å². The Labute approximate surface area is 195 Å². The molecule has 32 heavy (non-hydrogen) atoms. The highest BCUT2D eigenvalue weighted by molar-refractivity contribution is 6.14. The van der Waals surface area contributed by atoms with E-state index in [0.29, 0.717) is 0 Å². The summed E-state index contributed by atoms with van der Waals surface area (Å²) >= 11 is 0. The van der Waals surface area contributed by atoms with Crippen LogP contribution < -0.4 is 0 Å². The highest BCUT2D eigenvalue weighted by Gasteiger charge is 2.27. The number of hydrogen-bond donors (Lipinski definition) is 0. The monoisotopic (exact) mass is 428 g/mol. The molecule has 2 aromatic carbocycles. The van der Waals surface area contributed by atoms with Gasteiger partial charge in [-0.05, 0) is 67.5 Å². The van der Waals surface area contributed by atoms with E-state index in [1.165, 1.54) is 55.2 Å². The zero-order valence-electron chi connectivity index (χ0n) is 20.3. The third-order valence-electron chi connectivity index (χ3n) is 6.30. The van der Waals surface area contributed by atoms with Gasteiger partial charge in [0.15, 0.2) is 0 Å². The van der Waals surface area contributed by atoms with Crippen molar-refractivity contribution in [2.24, 2.45) is 0 Å². The molecule has 0 bridgehead atoms. The highest BCUT2D eigenvalue weighted by atomic mass is 15.3. The van der Waals surface area contributed by atoms with Crippen molar-refractivity contribution in [1.29, 1.82) is 0 Å². The summed E-state index contributed by atoms with van der Waals surface area (Å²) in [5.74, 6) is 8.95. The zero-order chi connectivity index (χ0) is 22.8. The van der Waals surface area contributed by atoms with Gasteiger partial charge >= 0.3 is 0 Å². The van der Waals surface area contributed by atoms with Crippen LogP contribution in [0.5, 0.6) is 0 Å². The molecule has 0 amide bonds. The minimum Gasteiger partial charge on any atom is -0.448 e. The van der Waals surface area contributed by atoms with E-state index in [0.717, 1.165) is 48.2 Å². The first kappa shape index (κ1) is 24.0. The average molecular weight is 429 g/mol. The van der Waals surface area contributed by atoms with Crippen molar-refractivity contribution >= 4 is 11.4 Å². The SMILES string of the molecule is CCCC=C1C=C(c2ccc(CCCCC)cc2)[N+]([NH-])=C1c1ccc(CCCCC)cc1. The lowest BCUT2D eigenvalue weighted by Gasteiger charge is -2.09. The second-order valence-electron chi connectivity index (χ2n) is 8.97. The van der Waals surface area contributed by atoms with Crippen molar-refractivity contribution in [2.75, 3.05) is 0 Å². The molecule has 0 aromatic heterocycles. The largest absolute Gasteiger partial charge is 0.448 e. The van der Waals surface area contributed by atoms with Crippen LogP contribution in [0.4, 0.5) is 0 Å². The molecule has 0 unspecified atom stereocenters. The normalized spacial score (nSPS) is 15.0. The van der Waals surface area contributed by atoms with Crippen LogP contribution in [0.25, 0.3) is 11.5 Å². The minimum atomic E-state index is 0.967. The van der Waals surface area contributed by atoms with Gasteiger partial charge in [-0.15, -0.1) is 0 Å². The standard InChI is InChI=1S/C30H40N2/c1-4-7-10-12-24-15-19-26(20-16-24)29-23-28(14-9-6-3)30(32(29)31)27-21-17-25(18-22-27)13-11-8-5-2/h14-23,31H,4-13H2,1-3H3. The Hall–Kier alpha value is -2.61. The predicted molar refractivity (Wildman–Crippen MR) is 139 cm³/mol. The fraction of sp³-hybridized carbons (Fsp3) is 0.433. The van der Waals surface area contributed by atoms with E-state index < -0.39 is 0 Å². The number of rotatable bonds is 12. The maximum absolute atomic E-state index is 8.95. The summed E-state index contributed by atoms with van der Waals surface area (Å²) in [4.78, 5) is 0. The smallest absolute Gasteiger partial charge is 0.215 e. The molecule has 2 heteroatoms. The van der Waals surface area contributed by atoms with Crippen LogP contribution in [0.1, 0.15) is 94.4 Å². The zero-order valence-corrected chi connectivity index (χ0v) is 20.3. The molecule has 0 atom stereocenters. The van der Waals surface area contributed by atoms with Crippen molar-refractivity contribution < 1.29 is 4.68 Å². The molecule has 2 aromatic rings. The first-order valence-corrected chi connectivity index (χ1v) is 12.7. The molecule has 0 radical (unpaired) electrons. The summed E-state index contributed by atoms with van der Waals surface area (Å²) < 4.78 is 1.64. The Balaban J connectivity index is 1.85. The van der Waals surface area contributed by atoms with Gasteiger partial charge in [-0.3, -0.25) is 0 Å². The predicted octanol–water partition coefficient (Wildman–Crippen LogP) is 8.70. The van der Waals surface area contributed by atoms with Crippen LogP contribution in [-0.4, -0.2) is 10.4 Å². The van der Waals surface area contributed by atoms with Crippen molar-refractivity contribution in [3.63, 3.8) is 0 Å². The Morgan fingerprint density at radius 1 is 0.688 bits per heavy atom. The van der Waals surface area contributed by atoms with Gasteiger partial charge in [0.25, 0.3) is 0 Å². The molecule has 0 saturated carbocycles. The molecular weight excluding hydrogens is 388 g/mol. The van der Waals surface area contributed by atoms with Gasteiger partial charge in [-0.2, -0.15) is 0 Å². The Bertz CT molecular complexity index is 943. The average Bonchev–Trinajstić information content (AvgIpc) is 3.15. The van der Waals surface area contributed by atoms with Crippen molar-refractivity contribution in [2.45, 2.75) is 85.0 Å². The fourth-order valence-corrected chi connectivity index (χ4v) is 4.32. The molecule has 0 fully saturated rings. The number of nitrogens with zero attached hydrogens (tertiary/aromatic N) is 1. The second-order valence-corrected chi connectivity index (χ2v) is 8.97. The van der Waals surface area contributed by atoms with Crippen LogP contribution in [0, 0.1) is 0 Å². The van der Waals surface area contributed by atoms with Crippen LogP contribution in [0.3, 0.4) is 0 Å². The first-order chi connectivity index (χ1) is 15.7. The van der Waals surface area contributed by atoms with Crippen LogP contribution in [0.15, 0.2) is 66.3 Å². The molecular formula is C30H40N2. The molecule has 170 valence electrons. The summed E-state index contributed by atoms with van der Waals surface area (Å²) in [6, 6.07) is 17.7. The topological polar surface area (TPSA) is 26.8 Å². The van der Waals surface area contributed by atoms with Gasteiger partial charge in [0.1, 0.15) is 0 Å². The molecule has 1 heterocycles. The molecule has 0 saturated heterocycles. The number of aryl methyl sites for hydroxylation is 2. The number of allylic oxidation sites excluding steroid dienone is 3. The number of benzene rings is 2. The molecule has 1 aliphatic heterocycles. The van der Waals surface area contributed by atoms with Crippen molar-refractivity contribution in [3.8, 4) is 0 Å². The summed E-state index contributed by atoms with van der Waals surface area (Å²) in [5.41, 5.74) is 8.17. The third kappa shape index (κ3) is 6.22. The van der Waals surface area contributed by atoms with Crippen LogP contribution in [0.2, 0.25) is 0 Å². The summed E-state index contributed by atoms with van der Waals surface area (Å²) in [5, 5.41) is 0. The summed E-state index contributed by atoms with van der Waals surface area (Å²) in [6.07, 6.45) is 16.5. The Morgan fingerprint density at radius 2 is 1.22 bits per heavy atom. The molecule has 1 N–H and O–H groups in total. The molecule has 3 rings (SSSR count). The summed E-state index contributed by atoms with van der Waals surface area (Å²) in [7, 11) is 0. The second kappa shape index (κ2) is 12.4. The van der Waals surface area contributed by atoms with E-state index >= 15 is 0 Å². The number of nitrogens with one attached hydrogen (secondary N) is 1. The van der Waals surface area contributed by atoms with E-state index in [9.17, 15) is 0 Å². The quantitative estimate of drug-likeness (QED) is 0.239. The third-order valence-corrected chi connectivity index (χ3v) is 6.30. The lowest BCUT2D eigenvalue weighted by Crippen LogP contribution is -2.11. The number of hydrogen-bond acceptors (Lipinski definition) is 0. The Kier molecular flexibility index (Phi) is 9.34. The van der Waals surface area contributed by atoms with Gasteiger partial charge in [0.2, 0.25) is 11.4 Å². The molecule has 0 aliphatic carbocycles. The van der Waals surface area contributed by atoms with E-state index in [1.807, 2.05) is 0 Å². The first-order valence-electron chi connectivity index (χ1n) is 12.7. The Morgan fingerprint density at radius 3 is 1.72 bits per heavy atom. The minimum absolute atomic E-state index is 0.967. The fourth-order valence-electron chi connectivity index (χ4n) is 4.32. The molecule has 0 spiro atoms. The highest BCUT2D eigenvalue weighted by Crippen LogP contribution is 2.29. The van der Waals surface area contributed by atoms with Gasteiger partial charge in [-0.25, -0.2) is 4.68 Å². The van der Waals surface area contributed by atoms with E-state index in [-0.39, 0.29) is 0 Å². The van der Waals surface area contributed by atoms with Crippen LogP contribution in [-0.2, 0) is 12.8 Å². The van der Waals surface area contributed by atoms with Gasteiger partial charge in [-0.1, -0.05) is 83.2 Å². The van der Waals surface area contributed by atoms with E-state index in [1.54, 1.807) is 4.68 Å². The van der Waals surface area contributed by atoms with Crippen molar-refractivity contribution in [1.82, 2.24) is 0 Å². The molecule has 2 nitrogen and oxygen atoms in total. The maximum Gasteiger partial charge on any atom is 0.215 e. The number of unbranched alkanes of at least 4 members (excludes halogenated alkanes) is 5. The van der Waals surface area contributed by atoms with Crippen LogP contribution >= 0.6 is 0 Å². The van der Waals surface area contributed by atoms with Gasteiger partial charge in [0, 0.05) is 22.8 Å². The lowest BCUT2D eigenvalue weighted by atomic mass is 9.99. The van der Waals surface area contributed by atoms with E-state index in [4.69, 9.17) is 5.84 Å².